The number of carbonyl (C=O) groups excluding carboxylic acids is 1. The third kappa shape index (κ3) is 2.59. The van der Waals surface area contributed by atoms with Crippen LogP contribution in [0.1, 0.15) is 22.1 Å². The predicted octanol–water partition coefficient (Wildman–Crippen LogP) is 1.55. The van der Waals surface area contributed by atoms with Crippen molar-refractivity contribution in [3.63, 3.8) is 0 Å². The first-order chi connectivity index (χ1) is 8.06. The van der Waals surface area contributed by atoms with E-state index in [1.165, 1.54) is 12.1 Å². The normalized spacial score (nSPS) is 10.5. The van der Waals surface area contributed by atoms with Gasteiger partial charge in [-0.15, -0.1) is 10.2 Å². The summed E-state index contributed by atoms with van der Waals surface area (Å²) < 4.78 is 18.1. The molecule has 0 spiro atoms. The Morgan fingerprint density at radius 3 is 2.82 bits per heavy atom. The van der Waals surface area contributed by atoms with Gasteiger partial charge >= 0.3 is 11.8 Å². The highest BCUT2D eigenvalue weighted by atomic mass is 35.5. The van der Waals surface area contributed by atoms with E-state index in [0.29, 0.717) is 5.56 Å². The number of nitrogens with two attached hydrogens (primary N) is 1. The van der Waals surface area contributed by atoms with Crippen molar-refractivity contribution in [3.05, 3.63) is 46.4 Å². The van der Waals surface area contributed by atoms with E-state index in [4.69, 9.17) is 21.8 Å². The van der Waals surface area contributed by atoms with Crippen molar-refractivity contribution in [1.29, 1.82) is 0 Å². The fourth-order valence-electron chi connectivity index (χ4n) is 1.25. The number of halogens is 2. The molecule has 17 heavy (non-hydrogen) atoms. The third-order valence-corrected chi connectivity index (χ3v) is 2.32. The van der Waals surface area contributed by atoms with Crippen molar-refractivity contribution in [3.8, 4) is 0 Å². The lowest BCUT2D eigenvalue weighted by atomic mass is 10.1. The summed E-state index contributed by atoms with van der Waals surface area (Å²) in [4.78, 5) is 10.7. The van der Waals surface area contributed by atoms with Gasteiger partial charge in [0.15, 0.2) is 0 Å². The van der Waals surface area contributed by atoms with Gasteiger partial charge in [0, 0.05) is 0 Å². The summed E-state index contributed by atoms with van der Waals surface area (Å²) in [6.07, 6.45) is 0.203. The van der Waals surface area contributed by atoms with Gasteiger partial charge in [-0.05, 0) is 17.7 Å². The fourth-order valence-corrected chi connectivity index (χ4v) is 1.37. The maximum Gasteiger partial charge on any atom is 0.306 e. The van der Waals surface area contributed by atoms with Crippen molar-refractivity contribution in [2.24, 2.45) is 5.73 Å². The molecule has 5 nitrogen and oxygen atoms in total. The summed E-state index contributed by atoms with van der Waals surface area (Å²) in [6, 6.07) is 4.31. The van der Waals surface area contributed by atoms with Gasteiger partial charge in [0.2, 0.25) is 5.89 Å². The Kier molecular flexibility index (Phi) is 3.06. The molecular weight excluding hydrogens is 249 g/mol. The van der Waals surface area contributed by atoms with Crippen LogP contribution in [0.4, 0.5) is 4.39 Å². The molecule has 0 saturated carbocycles. The van der Waals surface area contributed by atoms with Gasteiger partial charge in [0.25, 0.3) is 0 Å². The van der Waals surface area contributed by atoms with Crippen molar-refractivity contribution in [2.75, 3.05) is 0 Å². The number of carbonyl (C=O) groups is 1. The van der Waals surface area contributed by atoms with Crippen LogP contribution in [0, 0.1) is 5.82 Å². The fraction of sp³-hybridized carbons (Fsp3) is 0.100. The van der Waals surface area contributed by atoms with Crippen LogP contribution in [0.5, 0.6) is 0 Å². The molecule has 1 aromatic heterocycles. The zero-order chi connectivity index (χ0) is 12.4. The first kappa shape index (κ1) is 11.5. The number of benzene rings is 1. The minimum Gasteiger partial charge on any atom is -0.417 e. The van der Waals surface area contributed by atoms with Crippen LogP contribution in [0.15, 0.2) is 22.6 Å². The van der Waals surface area contributed by atoms with Gasteiger partial charge in [0.1, 0.15) is 5.82 Å². The molecule has 0 aliphatic carbocycles. The monoisotopic (exact) mass is 255 g/mol. The van der Waals surface area contributed by atoms with Gasteiger partial charge in [-0.25, -0.2) is 4.39 Å². The Bertz CT molecular complexity index is 570. The van der Waals surface area contributed by atoms with E-state index in [1.807, 2.05) is 0 Å². The zero-order valence-electron chi connectivity index (χ0n) is 8.48. The van der Waals surface area contributed by atoms with E-state index < -0.39 is 11.7 Å². The minimum atomic E-state index is -0.800. The third-order valence-electron chi connectivity index (χ3n) is 2.02. The van der Waals surface area contributed by atoms with Crippen LogP contribution in [-0.2, 0) is 6.42 Å². The molecule has 1 aromatic carbocycles. The lowest BCUT2D eigenvalue weighted by Gasteiger charge is -1.98. The highest BCUT2D eigenvalue weighted by Crippen LogP contribution is 2.17. The molecule has 1 heterocycles. The van der Waals surface area contributed by atoms with Crippen LogP contribution in [0.2, 0.25) is 5.02 Å². The van der Waals surface area contributed by atoms with E-state index in [1.54, 1.807) is 6.07 Å². The molecule has 2 aromatic rings. The second-order valence-electron chi connectivity index (χ2n) is 3.29. The van der Waals surface area contributed by atoms with E-state index in [2.05, 4.69) is 10.2 Å². The maximum atomic E-state index is 13.1. The summed E-state index contributed by atoms with van der Waals surface area (Å²) in [5.74, 6) is -1.42. The molecule has 88 valence electrons. The molecule has 0 aliphatic heterocycles. The molecule has 0 radical (unpaired) electrons. The zero-order valence-corrected chi connectivity index (χ0v) is 9.24. The average molecular weight is 256 g/mol. The van der Waals surface area contributed by atoms with Gasteiger partial charge in [-0.1, -0.05) is 17.7 Å². The number of hydrogen-bond donors (Lipinski definition) is 1. The number of hydrogen-bond acceptors (Lipinski definition) is 4. The molecule has 1 amide bonds. The predicted molar refractivity (Wildman–Crippen MR) is 57.0 cm³/mol. The van der Waals surface area contributed by atoms with Crippen molar-refractivity contribution in [1.82, 2.24) is 10.2 Å². The highest BCUT2D eigenvalue weighted by Gasteiger charge is 2.12. The summed E-state index contributed by atoms with van der Waals surface area (Å²) >= 11 is 5.54. The maximum absolute atomic E-state index is 13.1. The molecule has 0 unspecified atom stereocenters. The smallest absolute Gasteiger partial charge is 0.306 e. The molecule has 0 fully saturated rings. The summed E-state index contributed by atoms with van der Waals surface area (Å²) in [7, 11) is 0. The second-order valence-corrected chi connectivity index (χ2v) is 3.70. The summed E-state index contributed by atoms with van der Waals surface area (Å²) in [6.45, 7) is 0. The largest absolute Gasteiger partial charge is 0.417 e. The Hall–Kier alpha value is -1.95. The first-order valence-corrected chi connectivity index (χ1v) is 5.00. The summed E-state index contributed by atoms with van der Waals surface area (Å²) in [5, 5.41) is 7.09. The van der Waals surface area contributed by atoms with Crippen LogP contribution < -0.4 is 5.73 Å². The number of amides is 1. The summed E-state index contributed by atoms with van der Waals surface area (Å²) in [5.41, 5.74) is 5.56. The van der Waals surface area contributed by atoms with E-state index in [9.17, 15) is 9.18 Å². The molecule has 2 rings (SSSR count). The number of nitrogens with zero attached hydrogens (tertiary/aromatic N) is 2. The number of rotatable bonds is 3. The van der Waals surface area contributed by atoms with E-state index in [0.717, 1.165) is 0 Å². The SMILES string of the molecule is NC(=O)c1nnc(Cc2ccc(Cl)c(F)c2)o1. The van der Waals surface area contributed by atoms with Crippen LogP contribution in [0.3, 0.4) is 0 Å². The van der Waals surface area contributed by atoms with Crippen LogP contribution >= 0.6 is 11.6 Å². The molecule has 0 saturated heterocycles. The Morgan fingerprint density at radius 2 is 2.24 bits per heavy atom. The first-order valence-electron chi connectivity index (χ1n) is 4.62. The molecule has 7 heteroatoms. The minimum absolute atomic E-state index is 0.0390. The molecule has 0 aliphatic rings. The van der Waals surface area contributed by atoms with Crippen LogP contribution in [-0.4, -0.2) is 16.1 Å². The van der Waals surface area contributed by atoms with Gasteiger partial charge in [-0.2, -0.15) is 0 Å². The van der Waals surface area contributed by atoms with Gasteiger partial charge < -0.3 is 10.2 Å². The van der Waals surface area contributed by atoms with Crippen molar-refractivity contribution < 1.29 is 13.6 Å². The van der Waals surface area contributed by atoms with Crippen molar-refractivity contribution >= 4 is 17.5 Å². The second kappa shape index (κ2) is 4.50. The van der Waals surface area contributed by atoms with E-state index in [-0.39, 0.29) is 23.2 Å². The standard InChI is InChI=1S/C10H7ClFN3O2/c11-6-2-1-5(3-7(6)12)4-8-14-15-10(17-8)9(13)16/h1-3H,4H2,(H2,13,16). The van der Waals surface area contributed by atoms with Gasteiger partial charge in [0.05, 0.1) is 11.4 Å². The van der Waals surface area contributed by atoms with Crippen LogP contribution in [0.25, 0.3) is 0 Å². The van der Waals surface area contributed by atoms with E-state index >= 15 is 0 Å². The number of aromatic nitrogens is 2. The molecule has 0 bridgehead atoms. The number of primary amides is 1. The topological polar surface area (TPSA) is 82.0 Å². The lowest BCUT2D eigenvalue weighted by Crippen LogP contribution is -2.11. The lowest BCUT2D eigenvalue weighted by molar-refractivity contribution is 0.0965. The Labute approximate surface area is 100 Å². The molecule has 2 N–H and O–H groups in total. The quantitative estimate of drug-likeness (QED) is 0.902. The van der Waals surface area contributed by atoms with Gasteiger partial charge in [-0.3, -0.25) is 4.79 Å². The molecule has 0 atom stereocenters. The Morgan fingerprint density at radius 1 is 1.47 bits per heavy atom. The Balaban J connectivity index is 2.19. The highest BCUT2D eigenvalue weighted by molar-refractivity contribution is 6.30. The average Bonchev–Trinajstić information content (AvgIpc) is 2.72. The molecular formula is C10H7ClFN3O2. The van der Waals surface area contributed by atoms with Crippen molar-refractivity contribution in [2.45, 2.75) is 6.42 Å².